The SMILES string of the molecule is COCC(C)(Nc1cc(C)cc(F)c1)C(=O)O. The van der Waals surface area contributed by atoms with Crippen LogP contribution in [-0.4, -0.2) is 30.3 Å². The second-order valence-electron chi connectivity index (χ2n) is 4.21. The van der Waals surface area contributed by atoms with Gasteiger partial charge in [0.2, 0.25) is 0 Å². The van der Waals surface area contributed by atoms with Gasteiger partial charge in [0, 0.05) is 12.8 Å². The summed E-state index contributed by atoms with van der Waals surface area (Å²) in [4.78, 5) is 11.1. The highest BCUT2D eigenvalue weighted by molar-refractivity contribution is 5.82. The number of aryl methyl sites for hydroxylation is 1. The Hall–Kier alpha value is -1.62. The van der Waals surface area contributed by atoms with Gasteiger partial charge in [0.15, 0.2) is 5.54 Å². The average Bonchev–Trinajstić information content (AvgIpc) is 2.15. The van der Waals surface area contributed by atoms with E-state index in [0.29, 0.717) is 5.69 Å². The summed E-state index contributed by atoms with van der Waals surface area (Å²) in [6.07, 6.45) is 0. The molecule has 1 rings (SSSR count). The van der Waals surface area contributed by atoms with Crippen molar-refractivity contribution >= 4 is 11.7 Å². The van der Waals surface area contributed by atoms with Gasteiger partial charge in [-0.15, -0.1) is 0 Å². The number of aliphatic carboxylic acids is 1. The van der Waals surface area contributed by atoms with Crippen LogP contribution >= 0.6 is 0 Å². The average molecular weight is 241 g/mol. The highest BCUT2D eigenvalue weighted by Gasteiger charge is 2.33. The molecule has 0 saturated carbocycles. The standard InChI is InChI=1S/C12H16FNO3/c1-8-4-9(13)6-10(5-8)14-12(2,7-17-3)11(15)16/h4-6,14H,7H2,1-3H3,(H,15,16). The van der Waals surface area contributed by atoms with Crippen molar-refractivity contribution < 1.29 is 19.0 Å². The molecule has 0 aliphatic carbocycles. The van der Waals surface area contributed by atoms with Gasteiger partial charge in [-0.05, 0) is 37.6 Å². The molecule has 17 heavy (non-hydrogen) atoms. The summed E-state index contributed by atoms with van der Waals surface area (Å²) in [6.45, 7) is 3.21. The van der Waals surface area contributed by atoms with Gasteiger partial charge < -0.3 is 15.2 Å². The minimum Gasteiger partial charge on any atom is -0.479 e. The van der Waals surface area contributed by atoms with Gasteiger partial charge >= 0.3 is 5.97 Å². The monoisotopic (exact) mass is 241 g/mol. The van der Waals surface area contributed by atoms with Crippen molar-refractivity contribution in [1.29, 1.82) is 0 Å². The summed E-state index contributed by atoms with van der Waals surface area (Å²) in [6, 6.07) is 4.31. The van der Waals surface area contributed by atoms with Crippen molar-refractivity contribution in [2.75, 3.05) is 19.0 Å². The van der Waals surface area contributed by atoms with Gasteiger partial charge in [-0.2, -0.15) is 0 Å². The largest absolute Gasteiger partial charge is 0.479 e. The van der Waals surface area contributed by atoms with Gasteiger partial charge in [0.05, 0.1) is 6.61 Å². The van der Waals surface area contributed by atoms with Crippen molar-refractivity contribution in [3.63, 3.8) is 0 Å². The molecule has 0 aromatic heterocycles. The molecule has 0 radical (unpaired) electrons. The van der Waals surface area contributed by atoms with Gasteiger partial charge in [0.25, 0.3) is 0 Å². The lowest BCUT2D eigenvalue weighted by Gasteiger charge is -2.26. The summed E-state index contributed by atoms with van der Waals surface area (Å²) < 4.78 is 18.0. The van der Waals surface area contributed by atoms with E-state index in [2.05, 4.69) is 5.32 Å². The molecule has 0 saturated heterocycles. The van der Waals surface area contributed by atoms with Crippen LogP contribution < -0.4 is 5.32 Å². The topological polar surface area (TPSA) is 58.6 Å². The molecular formula is C12H16FNO3. The Bertz CT molecular complexity index is 402. The third kappa shape index (κ3) is 3.42. The summed E-state index contributed by atoms with van der Waals surface area (Å²) in [5.74, 6) is -1.46. The maximum Gasteiger partial charge on any atom is 0.331 e. The molecule has 1 aromatic rings. The number of halogens is 1. The van der Waals surface area contributed by atoms with Crippen LogP contribution in [0.5, 0.6) is 0 Å². The van der Waals surface area contributed by atoms with E-state index >= 15 is 0 Å². The Balaban J connectivity index is 2.97. The molecule has 0 aliphatic heterocycles. The molecule has 0 bridgehead atoms. The molecule has 0 heterocycles. The Morgan fingerprint density at radius 2 is 2.18 bits per heavy atom. The maximum atomic E-state index is 13.2. The Morgan fingerprint density at radius 3 is 2.65 bits per heavy atom. The summed E-state index contributed by atoms with van der Waals surface area (Å²) in [5.41, 5.74) is -0.142. The minimum absolute atomic E-state index is 0.0160. The van der Waals surface area contributed by atoms with Gasteiger partial charge in [0.1, 0.15) is 5.82 Å². The van der Waals surface area contributed by atoms with E-state index in [1.165, 1.54) is 26.2 Å². The zero-order valence-corrected chi connectivity index (χ0v) is 10.1. The molecule has 0 spiro atoms. The number of hydrogen-bond acceptors (Lipinski definition) is 3. The molecule has 4 nitrogen and oxygen atoms in total. The van der Waals surface area contributed by atoms with E-state index < -0.39 is 17.3 Å². The molecule has 0 fully saturated rings. The van der Waals surface area contributed by atoms with E-state index in [1.54, 1.807) is 13.0 Å². The fourth-order valence-electron chi connectivity index (χ4n) is 1.57. The number of methoxy groups -OCH3 is 1. The molecule has 5 heteroatoms. The van der Waals surface area contributed by atoms with Crippen molar-refractivity contribution in [3.8, 4) is 0 Å². The van der Waals surface area contributed by atoms with Gasteiger partial charge in [-0.25, -0.2) is 9.18 Å². The first kappa shape index (κ1) is 13.4. The van der Waals surface area contributed by atoms with Crippen LogP contribution in [-0.2, 0) is 9.53 Å². The van der Waals surface area contributed by atoms with Crippen LogP contribution in [0.4, 0.5) is 10.1 Å². The van der Waals surface area contributed by atoms with Crippen LogP contribution in [0.25, 0.3) is 0 Å². The summed E-state index contributed by atoms with van der Waals surface area (Å²) in [5, 5.41) is 11.9. The predicted octanol–water partition coefficient (Wildman–Crippen LogP) is 2.04. The lowest BCUT2D eigenvalue weighted by Crippen LogP contribution is -2.47. The minimum atomic E-state index is -1.28. The molecule has 0 aliphatic rings. The lowest BCUT2D eigenvalue weighted by atomic mass is 10.0. The zero-order valence-electron chi connectivity index (χ0n) is 10.1. The first-order valence-electron chi connectivity index (χ1n) is 5.15. The van der Waals surface area contributed by atoms with Gasteiger partial charge in [-0.1, -0.05) is 0 Å². The number of nitrogens with one attached hydrogen (secondary N) is 1. The summed E-state index contributed by atoms with van der Waals surface area (Å²) >= 11 is 0. The predicted molar refractivity (Wildman–Crippen MR) is 62.7 cm³/mol. The molecular weight excluding hydrogens is 225 g/mol. The zero-order chi connectivity index (χ0) is 13.1. The molecule has 0 amide bonds. The molecule has 2 N–H and O–H groups in total. The number of rotatable bonds is 5. The molecule has 1 aromatic carbocycles. The number of carboxylic acid groups (broad SMARTS) is 1. The van der Waals surface area contributed by atoms with E-state index in [1.807, 2.05) is 0 Å². The van der Waals surface area contributed by atoms with E-state index in [0.717, 1.165) is 5.56 Å². The van der Waals surface area contributed by atoms with Crippen LogP contribution in [0.3, 0.4) is 0 Å². The van der Waals surface area contributed by atoms with Gasteiger partial charge in [-0.3, -0.25) is 0 Å². The fourth-order valence-corrected chi connectivity index (χ4v) is 1.57. The Morgan fingerprint density at radius 1 is 1.53 bits per heavy atom. The fraction of sp³-hybridized carbons (Fsp3) is 0.417. The first-order valence-corrected chi connectivity index (χ1v) is 5.15. The smallest absolute Gasteiger partial charge is 0.331 e. The first-order chi connectivity index (χ1) is 7.87. The van der Waals surface area contributed by atoms with E-state index in [-0.39, 0.29) is 6.61 Å². The van der Waals surface area contributed by atoms with Crippen molar-refractivity contribution in [1.82, 2.24) is 0 Å². The van der Waals surface area contributed by atoms with Crippen molar-refractivity contribution in [3.05, 3.63) is 29.6 Å². The molecule has 94 valence electrons. The Kier molecular flexibility index (Phi) is 4.07. The second kappa shape index (κ2) is 5.14. The quantitative estimate of drug-likeness (QED) is 0.828. The van der Waals surface area contributed by atoms with Crippen LogP contribution in [0, 0.1) is 12.7 Å². The Labute approximate surface area is 99.4 Å². The number of hydrogen-bond donors (Lipinski definition) is 2. The van der Waals surface area contributed by atoms with Crippen LogP contribution in [0.1, 0.15) is 12.5 Å². The number of anilines is 1. The normalized spacial score (nSPS) is 14.1. The number of carboxylic acids is 1. The highest BCUT2D eigenvalue weighted by Crippen LogP contribution is 2.19. The summed E-state index contributed by atoms with van der Waals surface area (Å²) in [7, 11) is 1.42. The third-order valence-electron chi connectivity index (χ3n) is 2.37. The number of carbonyl (C=O) groups is 1. The number of benzene rings is 1. The van der Waals surface area contributed by atoms with Crippen molar-refractivity contribution in [2.45, 2.75) is 19.4 Å². The molecule has 1 unspecified atom stereocenters. The van der Waals surface area contributed by atoms with E-state index in [4.69, 9.17) is 9.84 Å². The number of ether oxygens (including phenoxy) is 1. The third-order valence-corrected chi connectivity index (χ3v) is 2.37. The van der Waals surface area contributed by atoms with Crippen molar-refractivity contribution in [2.24, 2.45) is 0 Å². The molecule has 1 atom stereocenters. The van der Waals surface area contributed by atoms with Crippen LogP contribution in [0.2, 0.25) is 0 Å². The van der Waals surface area contributed by atoms with E-state index in [9.17, 15) is 9.18 Å². The lowest BCUT2D eigenvalue weighted by molar-refractivity contribution is -0.143. The highest BCUT2D eigenvalue weighted by atomic mass is 19.1. The second-order valence-corrected chi connectivity index (χ2v) is 4.21. The van der Waals surface area contributed by atoms with Crippen LogP contribution in [0.15, 0.2) is 18.2 Å². The maximum absolute atomic E-state index is 13.2.